The molecule has 0 aliphatic carbocycles. The molecule has 0 fully saturated rings. The molecule has 0 aliphatic rings. The first-order valence-electron chi connectivity index (χ1n) is 7.97. The summed E-state index contributed by atoms with van der Waals surface area (Å²) in [5.74, 6) is 0.808. The Morgan fingerprint density at radius 1 is 1.00 bits per heavy atom. The van der Waals surface area contributed by atoms with E-state index in [0.717, 1.165) is 16.8 Å². The zero-order valence-corrected chi connectivity index (χ0v) is 14.4. The number of nitrogens with one attached hydrogen (secondary N) is 1. The molecule has 2 heterocycles. The van der Waals surface area contributed by atoms with E-state index in [0.29, 0.717) is 22.9 Å². The van der Waals surface area contributed by atoms with Gasteiger partial charge in [-0.25, -0.2) is 4.98 Å². The van der Waals surface area contributed by atoms with Gasteiger partial charge in [-0.05, 0) is 62.2 Å². The van der Waals surface area contributed by atoms with Crippen LogP contribution in [0.4, 0.5) is 5.69 Å². The van der Waals surface area contributed by atoms with Gasteiger partial charge in [0, 0.05) is 18.1 Å². The zero-order chi connectivity index (χ0) is 17.8. The molecule has 0 spiro atoms. The fourth-order valence-electron chi connectivity index (χ4n) is 2.30. The minimum absolute atomic E-state index is 0.258. The van der Waals surface area contributed by atoms with Gasteiger partial charge < -0.3 is 10.1 Å². The van der Waals surface area contributed by atoms with Crippen LogP contribution in [0, 0.1) is 20.8 Å². The molecule has 25 heavy (non-hydrogen) atoms. The first-order valence-corrected chi connectivity index (χ1v) is 7.97. The Kier molecular flexibility index (Phi) is 4.75. The van der Waals surface area contributed by atoms with Crippen molar-refractivity contribution in [2.24, 2.45) is 0 Å². The molecule has 1 amide bonds. The van der Waals surface area contributed by atoms with E-state index < -0.39 is 0 Å². The first kappa shape index (κ1) is 16.6. The molecule has 126 valence electrons. The van der Waals surface area contributed by atoms with Gasteiger partial charge >= 0.3 is 0 Å². The Balaban J connectivity index is 1.84. The SMILES string of the molecule is Cc1ccc(C(=O)Nc2cccnc2Oc2cccc(C)c2C)cn1. The highest BCUT2D eigenvalue weighted by Crippen LogP contribution is 2.30. The van der Waals surface area contributed by atoms with Crippen molar-refractivity contribution in [1.82, 2.24) is 9.97 Å². The molecule has 0 aliphatic heterocycles. The molecule has 0 radical (unpaired) electrons. The maximum atomic E-state index is 12.4. The molecular formula is C20H19N3O2. The molecule has 1 N–H and O–H groups in total. The second-order valence-corrected chi connectivity index (χ2v) is 5.80. The van der Waals surface area contributed by atoms with Crippen LogP contribution in [0.5, 0.6) is 11.6 Å². The van der Waals surface area contributed by atoms with Crippen LogP contribution >= 0.6 is 0 Å². The number of nitrogens with zero attached hydrogens (tertiary/aromatic N) is 2. The molecule has 3 rings (SSSR count). The molecule has 3 aromatic rings. The molecular weight excluding hydrogens is 314 g/mol. The molecule has 0 saturated carbocycles. The predicted octanol–water partition coefficient (Wildman–Crippen LogP) is 4.45. The maximum Gasteiger partial charge on any atom is 0.257 e. The number of hydrogen-bond acceptors (Lipinski definition) is 4. The summed E-state index contributed by atoms with van der Waals surface area (Å²) in [6.45, 7) is 5.89. The van der Waals surface area contributed by atoms with Gasteiger partial charge in [-0.15, -0.1) is 0 Å². The van der Waals surface area contributed by atoms with Crippen molar-refractivity contribution < 1.29 is 9.53 Å². The van der Waals surface area contributed by atoms with E-state index in [1.165, 1.54) is 0 Å². The van der Waals surface area contributed by atoms with Crippen LogP contribution in [0.3, 0.4) is 0 Å². The number of ether oxygens (including phenoxy) is 1. The second kappa shape index (κ2) is 7.13. The normalized spacial score (nSPS) is 10.4. The van der Waals surface area contributed by atoms with Gasteiger partial charge in [-0.1, -0.05) is 12.1 Å². The van der Waals surface area contributed by atoms with Crippen molar-refractivity contribution in [3.05, 3.63) is 77.2 Å². The van der Waals surface area contributed by atoms with Crippen molar-refractivity contribution in [2.45, 2.75) is 20.8 Å². The van der Waals surface area contributed by atoms with Gasteiger partial charge in [0.05, 0.1) is 5.56 Å². The fourth-order valence-corrected chi connectivity index (χ4v) is 2.30. The summed E-state index contributed by atoms with van der Waals surface area (Å²) in [5, 5.41) is 2.83. The lowest BCUT2D eigenvalue weighted by molar-refractivity contribution is 0.102. The van der Waals surface area contributed by atoms with E-state index in [2.05, 4.69) is 15.3 Å². The van der Waals surface area contributed by atoms with E-state index in [1.807, 2.05) is 39.0 Å². The molecule has 0 bridgehead atoms. The summed E-state index contributed by atoms with van der Waals surface area (Å²) < 4.78 is 5.94. The van der Waals surface area contributed by atoms with Crippen molar-refractivity contribution in [3.63, 3.8) is 0 Å². The Morgan fingerprint density at radius 2 is 1.84 bits per heavy atom. The molecule has 0 unspecified atom stereocenters. The molecule has 5 heteroatoms. The Bertz CT molecular complexity index is 905. The fraction of sp³-hybridized carbons (Fsp3) is 0.150. The number of benzene rings is 1. The van der Waals surface area contributed by atoms with E-state index in [9.17, 15) is 4.79 Å². The van der Waals surface area contributed by atoms with Gasteiger partial charge in [-0.3, -0.25) is 9.78 Å². The monoisotopic (exact) mass is 333 g/mol. The summed E-state index contributed by atoms with van der Waals surface area (Å²) in [5.41, 5.74) is 4.01. The van der Waals surface area contributed by atoms with E-state index in [4.69, 9.17) is 4.74 Å². The van der Waals surface area contributed by atoms with E-state index in [-0.39, 0.29) is 5.91 Å². The van der Waals surface area contributed by atoms with Gasteiger partial charge in [0.2, 0.25) is 5.88 Å². The average Bonchev–Trinajstić information content (AvgIpc) is 2.61. The lowest BCUT2D eigenvalue weighted by atomic mass is 10.1. The van der Waals surface area contributed by atoms with Crippen LogP contribution in [-0.2, 0) is 0 Å². The largest absolute Gasteiger partial charge is 0.437 e. The molecule has 5 nitrogen and oxygen atoms in total. The summed E-state index contributed by atoms with van der Waals surface area (Å²) in [6, 6.07) is 12.9. The Labute approximate surface area is 146 Å². The van der Waals surface area contributed by atoms with Crippen LogP contribution < -0.4 is 10.1 Å². The average molecular weight is 333 g/mol. The smallest absolute Gasteiger partial charge is 0.257 e. The highest BCUT2D eigenvalue weighted by molar-refractivity contribution is 6.04. The molecule has 0 atom stereocenters. The minimum Gasteiger partial charge on any atom is -0.437 e. The number of aryl methyl sites for hydroxylation is 2. The van der Waals surface area contributed by atoms with Gasteiger partial charge in [-0.2, -0.15) is 0 Å². The number of pyridine rings is 2. The Morgan fingerprint density at radius 3 is 2.60 bits per heavy atom. The van der Waals surface area contributed by atoms with Crippen LogP contribution in [0.25, 0.3) is 0 Å². The summed E-state index contributed by atoms with van der Waals surface area (Å²) in [4.78, 5) is 20.8. The standard InChI is InChI=1S/C20H19N3O2/c1-13-6-4-8-18(15(13)3)25-20-17(7-5-11-21-20)23-19(24)16-10-9-14(2)22-12-16/h4-12H,1-3H3,(H,23,24). The number of hydrogen-bond donors (Lipinski definition) is 1. The van der Waals surface area contributed by atoms with Gasteiger partial charge in [0.25, 0.3) is 5.91 Å². The van der Waals surface area contributed by atoms with Crippen LogP contribution in [-0.4, -0.2) is 15.9 Å². The highest BCUT2D eigenvalue weighted by atomic mass is 16.5. The quantitative estimate of drug-likeness (QED) is 0.766. The van der Waals surface area contributed by atoms with E-state index in [1.54, 1.807) is 36.7 Å². The number of anilines is 1. The third-order valence-electron chi connectivity index (χ3n) is 3.95. The second-order valence-electron chi connectivity index (χ2n) is 5.80. The molecule has 2 aromatic heterocycles. The Hall–Kier alpha value is -3.21. The lowest BCUT2D eigenvalue weighted by Gasteiger charge is -2.13. The summed E-state index contributed by atoms with van der Waals surface area (Å²) in [7, 11) is 0. The number of amides is 1. The van der Waals surface area contributed by atoms with Gasteiger partial charge in [0.1, 0.15) is 11.4 Å². The topological polar surface area (TPSA) is 64.1 Å². The number of rotatable bonds is 4. The lowest BCUT2D eigenvalue weighted by Crippen LogP contribution is -2.13. The summed E-state index contributed by atoms with van der Waals surface area (Å²) >= 11 is 0. The van der Waals surface area contributed by atoms with Crippen molar-refractivity contribution in [3.8, 4) is 11.6 Å². The van der Waals surface area contributed by atoms with E-state index >= 15 is 0 Å². The molecule has 0 saturated heterocycles. The minimum atomic E-state index is -0.258. The third-order valence-corrected chi connectivity index (χ3v) is 3.95. The molecule has 1 aromatic carbocycles. The van der Waals surface area contributed by atoms with Crippen molar-refractivity contribution >= 4 is 11.6 Å². The van der Waals surface area contributed by atoms with Crippen LogP contribution in [0.15, 0.2) is 54.9 Å². The van der Waals surface area contributed by atoms with Crippen molar-refractivity contribution in [1.29, 1.82) is 0 Å². The highest BCUT2D eigenvalue weighted by Gasteiger charge is 2.13. The number of aromatic nitrogens is 2. The van der Waals surface area contributed by atoms with Crippen LogP contribution in [0.2, 0.25) is 0 Å². The number of carbonyl (C=O) groups is 1. The zero-order valence-electron chi connectivity index (χ0n) is 14.4. The maximum absolute atomic E-state index is 12.4. The first-order chi connectivity index (χ1) is 12.0. The predicted molar refractivity (Wildman–Crippen MR) is 97.2 cm³/mol. The summed E-state index contributed by atoms with van der Waals surface area (Å²) in [6.07, 6.45) is 3.18. The number of carbonyl (C=O) groups excluding carboxylic acids is 1. The van der Waals surface area contributed by atoms with Gasteiger partial charge in [0.15, 0.2) is 0 Å². The third kappa shape index (κ3) is 3.83. The van der Waals surface area contributed by atoms with Crippen molar-refractivity contribution in [2.75, 3.05) is 5.32 Å². The van der Waals surface area contributed by atoms with Crippen LogP contribution in [0.1, 0.15) is 27.2 Å².